The van der Waals surface area contributed by atoms with Crippen LogP contribution < -0.4 is 10.1 Å². The molecule has 1 unspecified atom stereocenters. The lowest BCUT2D eigenvalue weighted by atomic mass is 9.94. The highest BCUT2D eigenvalue weighted by molar-refractivity contribution is 5.81. The van der Waals surface area contributed by atoms with Crippen LogP contribution in [0.2, 0.25) is 0 Å². The average molecular weight is 221 g/mol. The van der Waals surface area contributed by atoms with E-state index < -0.39 is 11.9 Å². The lowest BCUT2D eigenvalue weighted by Gasteiger charge is -2.15. The molecular formula is C12H15NO3. The van der Waals surface area contributed by atoms with Crippen molar-refractivity contribution in [3.63, 3.8) is 0 Å². The minimum Gasteiger partial charge on any atom is -0.495 e. The van der Waals surface area contributed by atoms with Gasteiger partial charge >= 0.3 is 5.97 Å². The van der Waals surface area contributed by atoms with Gasteiger partial charge in [0.25, 0.3) is 0 Å². The zero-order valence-corrected chi connectivity index (χ0v) is 9.19. The number of anilines is 1. The number of carboxylic acid groups (broad SMARTS) is 1. The number of hydrogen-bond acceptors (Lipinski definition) is 3. The molecule has 0 fully saturated rings. The Morgan fingerprint density at radius 1 is 1.56 bits per heavy atom. The summed E-state index contributed by atoms with van der Waals surface area (Å²) >= 11 is 0. The summed E-state index contributed by atoms with van der Waals surface area (Å²) in [5.74, 6) is -0.482. The van der Waals surface area contributed by atoms with Gasteiger partial charge in [0.05, 0.1) is 18.7 Å². The number of nitrogens with one attached hydrogen (secondary N) is 1. The van der Waals surface area contributed by atoms with E-state index in [0.29, 0.717) is 12.2 Å². The highest BCUT2D eigenvalue weighted by Crippen LogP contribution is 2.37. The fourth-order valence-electron chi connectivity index (χ4n) is 2.13. The molecule has 4 nitrogen and oxygen atoms in total. The summed E-state index contributed by atoms with van der Waals surface area (Å²) in [6.07, 6.45) is 1.53. The zero-order valence-electron chi connectivity index (χ0n) is 9.19. The highest BCUT2D eigenvalue weighted by atomic mass is 16.5. The van der Waals surface area contributed by atoms with Crippen LogP contribution in [0.5, 0.6) is 5.75 Å². The fraction of sp³-hybridized carbons (Fsp3) is 0.417. The predicted molar refractivity (Wildman–Crippen MR) is 61.1 cm³/mol. The Morgan fingerprint density at radius 3 is 3.06 bits per heavy atom. The molecule has 16 heavy (non-hydrogen) atoms. The molecule has 0 saturated carbocycles. The van der Waals surface area contributed by atoms with Gasteiger partial charge in [-0.15, -0.1) is 0 Å². The van der Waals surface area contributed by atoms with Crippen molar-refractivity contribution in [1.82, 2.24) is 0 Å². The van der Waals surface area contributed by atoms with Crippen LogP contribution in [0.15, 0.2) is 18.2 Å². The Hall–Kier alpha value is -1.71. The van der Waals surface area contributed by atoms with E-state index in [1.165, 1.54) is 0 Å². The van der Waals surface area contributed by atoms with Gasteiger partial charge in [-0.25, -0.2) is 0 Å². The second-order valence-corrected chi connectivity index (χ2v) is 3.88. The standard InChI is InChI=1S/C12H15NO3/c1-16-10-6-2-4-8-9(12(14)15)5-3-7-13-11(8)10/h2,4,6,9,13H,3,5,7H2,1H3,(H,14,15). The molecule has 2 N–H and O–H groups in total. The van der Waals surface area contributed by atoms with Gasteiger partial charge in [-0.3, -0.25) is 4.79 Å². The maximum atomic E-state index is 11.2. The Morgan fingerprint density at radius 2 is 2.38 bits per heavy atom. The monoisotopic (exact) mass is 221 g/mol. The first-order chi connectivity index (χ1) is 7.74. The van der Waals surface area contributed by atoms with Gasteiger partial charge in [-0.1, -0.05) is 12.1 Å². The molecule has 1 heterocycles. The van der Waals surface area contributed by atoms with Crippen LogP contribution in [-0.2, 0) is 4.79 Å². The van der Waals surface area contributed by atoms with Crippen LogP contribution in [0.1, 0.15) is 24.3 Å². The maximum Gasteiger partial charge on any atom is 0.311 e. The fourth-order valence-corrected chi connectivity index (χ4v) is 2.13. The van der Waals surface area contributed by atoms with E-state index in [1.54, 1.807) is 7.11 Å². The molecule has 1 aromatic rings. The van der Waals surface area contributed by atoms with Crippen LogP contribution in [-0.4, -0.2) is 24.7 Å². The number of ether oxygens (including phenoxy) is 1. The number of para-hydroxylation sites is 1. The number of hydrogen-bond donors (Lipinski definition) is 2. The van der Waals surface area contributed by atoms with E-state index in [4.69, 9.17) is 4.74 Å². The third kappa shape index (κ3) is 1.83. The van der Waals surface area contributed by atoms with Crippen molar-refractivity contribution in [2.24, 2.45) is 0 Å². The number of carboxylic acids is 1. The summed E-state index contributed by atoms with van der Waals surface area (Å²) in [6, 6.07) is 5.53. The van der Waals surface area contributed by atoms with Crippen molar-refractivity contribution in [2.45, 2.75) is 18.8 Å². The van der Waals surface area contributed by atoms with Crippen LogP contribution >= 0.6 is 0 Å². The second kappa shape index (κ2) is 4.43. The minimum atomic E-state index is -0.766. The van der Waals surface area contributed by atoms with E-state index in [-0.39, 0.29) is 0 Å². The van der Waals surface area contributed by atoms with E-state index in [1.807, 2.05) is 18.2 Å². The van der Waals surface area contributed by atoms with Crippen LogP contribution in [0.3, 0.4) is 0 Å². The van der Waals surface area contributed by atoms with Gasteiger partial charge in [0.2, 0.25) is 0 Å². The topological polar surface area (TPSA) is 58.6 Å². The van der Waals surface area contributed by atoms with Crippen LogP contribution in [0, 0.1) is 0 Å². The third-order valence-electron chi connectivity index (χ3n) is 2.92. The molecule has 0 saturated heterocycles. The molecule has 0 spiro atoms. The Labute approximate surface area is 94.2 Å². The van der Waals surface area contributed by atoms with Crippen molar-refractivity contribution in [3.05, 3.63) is 23.8 Å². The third-order valence-corrected chi connectivity index (χ3v) is 2.92. The zero-order chi connectivity index (χ0) is 11.5. The van der Waals surface area contributed by atoms with Gasteiger partial charge < -0.3 is 15.2 Å². The summed E-state index contributed by atoms with van der Waals surface area (Å²) < 4.78 is 5.24. The number of rotatable bonds is 2. The first-order valence-electron chi connectivity index (χ1n) is 5.37. The van der Waals surface area contributed by atoms with Crippen molar-refractivity contribution in [2.75, 3.05) is 19.0 Å². The summed E-state index contributed by atoms with van der Waals surface area (Å²) in [7, 11) is 1.60. The molecule has 0 bridgehead atoms. The Bertz CT molecular complexity index is 403. The van der Waals surface area contributed by atoms with Crippen molar-refractivity contribution in [3.8, 4) is 5.75 Å². The van der Waals surface area contributed by atoms with E-state index in [0.717, 1.165) is 24.2 Å². The molecule has 2 rings (SSSR count). The summed E-state index contributed by atoms with van der Waals surface area (Å²) in [5, 5.41) is 12.4. The van der Waals surface area contributed by atoms with Crippen LogP contribution in [0.25, 0.3) is 0 Å². The number of fused-ring (bicyclic) bond motifs is 1. The molecule has 0 aromatic heterocycles. The van der Waals surface area contributed by atoms with E-state index in [9.17, 15) is 9.90 Å². The maximum absolute atomic E-state index is 11.2. The molecule has 1 aliphatic rings. The summed E-state index contributed by atoms with van der Waals surface area (Å²) in [4.78, 5) is 11.2. The van der Waals surface area contributed by atoms with E-state index in [2.05, 4.69) is 5.32 Å². The van der Waals surface area contributed by atoms with Crippen LogP contribution in [0.4, 0.5) is 5.69 Å². The first kappa shape index (κ1) is 10.8. The predicted octanol–water partition coefficient (Wildman–Crippen LogP) is 2.07. The molecule has 1 atom stereocenters. The molecule has 1 aliphatic heterocycles. The quantitative estimate of drug-likeness (QED) is 0.802. The Balaban J connectivity index is 2.49. The number of aliphatic carboxylic acids is 1. The first-order valence-corrected chi connectivity index (χ1v) is 5.37. The van der Waals surface area contributed by atoms with Crippen molar-refractivity contribution in [1.29, 1.82) is 0 Å². The second-order valence-electron chi connectivity index (χ2n) is 3.88. The summed E-state index contributed by atoms with van der Waals surface area (Å²) in [5.41, 5.74) is 1.65. The van der Waals surface area contributed by atoms with Gasteiger partial charge in [-0.2, -0.15) is 0 Å². The number of carbonyl (C=O) groups is 1. The SMILES string of the molecule is COc1cccc2c1NCCCC2C(=O)O. The van der Waals surface area contributed by atoms with Gasteiger partial charge in [0, 0.05) is 6.54 Å². The van der Waals surface area contributed by atoms with Crippen molar-refractivity contribution >= 4 is 11.7 Å². The van der Waals surface area contributed by atoms with Gasteiger partial charge in [0.1, 0.15) is 5.75 Å². The van der Waals surface area contributed by atoms with Crippen molar-refractivity contribution < 1.29 is 14.6 Å². The lowest BCUT2D eigenvalue weighted by Crippen LogP contribution is -2.11. The molecule has 0 amide bonds. The average Bonchev–Trinajstić information content (AvgIpc) is 2.50. The lowest BCUT2D eigenvalue weighted by molar-refractivity contribution is -0.138. The smallest absolute Gasteiger partial charge is 0.311 e. The van der Waals surface area contributed by atoms with Gasteiger partial charge in [0.15, 0.2) is 0 Å². The molecule has 1 aromatic carbocycles. The van der Waals surface area contributed by atoms with E-state index >= 15 is 0 Å². The van der Waals surface area contributed by atoms with Gasteiger partial charge in [-0.05, 0) is 24.5 Å². The summed E-state index contributed by atoms with van der Waals surface area (Å²) in [6.45, 7) is 0.789. The largest absolute Gasteiger partial charge is 0.495 e. The molecule has 0 aliphatic carbocycles. The number of methoxy groups -OCH3 is 1. The highest BCUT2D eigenvalue weighted by Gasteiger charge is 2.26. The molecule has 4 heteroatoms. The molecule has 86 valence electrons. The molecule has 0 radical (unpaired) electrons. The normalized spacial score (nSPS) is 19.2. The minimum absolute atomic E-state index is 0.430. The Kier molecular flexibility index (Phi) is 2.99. The number of benzene rings is 1. The molecular weight excluding hydrogens is 206 g/mol.